The van der Waals surface area contributed by atoms with Gasteiger partial charge in [-0.1, -0.05) is 0 Å². The maximum Gasteiger partial charge on any atom is 0.260 e. The fourth-order valence-electron chi connectivity index (χ4n) is 1.96. The molecule has 0 unspecified atom stereocenters. The van der Waals surface area contributed by atoms with Gasteiger partial charge < -0.3 is 5.32 Å². The maximum absolute atomic E-state index is 12.4. The lowest BCUT2D eigenvalue weighted by molar-refractivity contribution is 0.574. The molecule has 2 aromatic rings. The van der Waals surface area contributed by atoms with Crippen LogP contribution in [0.5, 0.6) is 0 Å². The maximum atomic E-state index is 12.4. The lowest BCUT2D eigenvalue weighted by Gasteiger charge is -2.08. The quantitative estimate of drug-likeness (QED) is 0.726. The highest BCUT2D eigenvalue weighted by Gasteiger charge is 2.23. The molecule has 0 atom stereocenters. The van der Waals surface area contributed by atoms with Crippen LogP contribution in [-0.2, 0) is 23.1 Å². The summed E-state index contributed by atoms with van der Waals surface area (Å²) >= 11 is 0. The number of aryl methyl sites for hydroxylation is 2. The van der Waals surface area contributed by atoms with Crippen LogP contribution in [0.3, 0.4) is 0 Å². The van der Waals surface area contributed by atoms with Gasteiger partial charge in [-0.05, 0) is 38.1 Å². The summed E-state index contributed by atoms with van der Waals surface area (Å²) in [7, 11) is -1.91. The van der Waals surface area contributed by atoms with Gasteiger partial charge in [-0.25, -0.2) is 13.1 Å². The van der Waals surface area contributed by atoms with Crippen molar-refractivity contribution in [2.75, 3.05) is 7.05 Å². The summed E-state index contributed by atoms with van der Waals surface area (Å²) in [6, 6.07) is 1.84. The van der Waals surface area contributed by atoms with Crippen molar-refractivity contribution in [1.29, 1.82) is 0 Å². The molecule has 0 aliphatic heterocycles. The molecule has 2 rings (SSSR count). The molecule has 0 saturated carbocycles. The first-order valence-electron chi connectivity index (χ1n) is 6.53. The Hall–Kier alpha value is -1.77. The number of H-pyrrole nitrogens is 1. The van der Waals surface area contributed by atoms with E-state index in [1.54, 1.807) is 26.4 Å². The Bertz CT molecular complexity index is 724. The number of nitrogens with zero attached hydrogens (tertiary/aromatic N) is 2. The summed E-state index contributed by atoms with van der Waals surface area (Å²) in [6.07, 6.45) is 3.33. The van der Waals surface area contributed by atoms with Crippen LogP contribution in [-0.4, -0.2) is 30.6 Å². The minimum absolute atomic E-state index is 0.0379. The smallest absolute Gasteiger partial charge is 0.260 e. The molecule has 0 fully saturated rings. The van der Waals surface area contributed by atoms with E-state index >= 15 is 0 Å². The largest absolute Gasteiger partial charge is 0.316 e. The van der Waals surface area contributed by atoms with Crippen LogP contribution < -0.4 is 10.0 Å². The van der Waals surface area contributed by atoms with Crippen molar-refractivity contribution in [3.8, 4) is 0 Å². The Kier molecular flexibility index (Phi) is 4.71. The lowest BCUT2D eigenvalue weighted by Crippen LogP contribution is -2.25. The third-order valence-electron chi connectivity index (χ3n) is 3.24. The molecule has 8 heteroatoms. The summed E-state index contributed by atoms with van der Waals surface area (Å²) in [4.78, 5) is 4.00. The van der Waals surface area contributed by atoms with E-state index in [2.05, 4.69) is 25.2 Å². The highest BCUT2D eigenvalue weighted by molar-refractivity contribution is 7.89. The molecular formula is C13H19N5O2S. The van der Waals surface area contributed by atoms with E-state index in [1.165, 1.54) is 0 Å². The van der Waals surface area contributed by atoms with Crippen LogP contribution >= 0.6 is 0 Å². The molecule has 0 aromatic carbocycles. The first kappa shape index (κ1) is 15.6. The Morgan fingerprint density at radius 2 is 2.05 bits per heavy atom. The highest BCUT2D eigenvalue weighted by atomic mass is 32.2. The fraction of sp³-hybridized carbons (Fsp3) is 0.385. The molecule has 0 saturated heterocycles. The van der Waals surface area contributed by atoms with E-state index in [9.17, 15) is 8.42 Å². The van der Waals surface area contributed by atoms with Crippen molar-refractivity contribution in [2.24, 2.45) is 0 Å². The van der Waals surface area contributed by atoms with E-state index in [0.717, 1.165) is 16.8 Å². The zero-order valence-corrected chi connectivity index (χ0v) is 13.1. The van der Waals surface area contributed by atoms with Crippen molar-refractivity contribution in [3.63, 3.8) is 0 Å². The second-order valence-electron chi connectivity index (χ2n) is 4.79. The molecule has 0 radical (unpaired) electrons. The topological polar surface area (TPSA) is 99.8 Å². The van der Waals surface area contributed by atoms with Crippen molar-refractivity contribution in [1.82, 2.24) is 25.2 Å². The number of hydrogen-bond acceptors (Lipinski definition) is 5. The molecule has 0 spiro atoms. The molecule has 114 valence electrons. The van der Waals surface area contributed by atoms with Gasteiger partial charge in [0, 0.05) is 36.7 Å². The van der Waals surface area contributed by atoms with E-state index in [0.29, 0.717) is 12.1 Å². The molecule has 21 heavy (non-hydrogen) atoms. The molecule has 3 N–H and O–H groups in total. The van der Waals surface area contributed by atoms with Crippen molar-refractivity contribution >= 4 is 10.0 Å². The van der Waals surface area contributed by atoms with Gasteiger partial charge in [0.05, 0.1) is 0 Å². The van der Waals surface area contributed by atoms with Crippen molar-refractivity contribution in [2.45, 2.75) is 32.0 Å². The molecule has 0 bridgehead atoms. The monoisotopic (exact) mass is 309 g/mol. The predicted octanol–water partition coefficient (Wildman–Crippen LogP) is 0.619. The number of aromatic amines is 1. The van der Waals surface area contributed by atoms with Crippen LogP contribution in [0.4, 0.5) is 0 Å². The van der Waals surface area contributed by atoms with E-state index in [1.807, 2.05) is 13.0 Å². The standard InChI is InChI=1S/C13H19N5O2S/c1-9-4-5-15-6-11(9)7-16-21(19,20)13-12(8-14-3)10(2)17-18-13/h4-6,14,16H,7-8H2,1-3H3,(H,17,18). The van der Waals surface area contributed by atoms with Gasteiger partial charge in [0.2, 0.25) is 0 Å². The van der Waals surface area contributed by atoms with Crippen LogP contribution in [0, 0.1) is 13.8 Å². The van der Waals surface area contributed by atoms with Crippen LogP contribution in [0.2, 0.25) is 0 Å². The first-order valence-corrected chi connectivity index (χ1v) is 8.01. The van der Waals surface area contributed by atoms with Gasteiger partial charge in [-0.3, -0.25) is 10.1 Å². The highest BCUT2D eigenvalue weighted by Crippen LogP contribution is 2.16. The normalized spacial score (nSPS) is 11.8. The minimum atomic E-state index is -3.67. The molecule has 2 aromatic heterocycles. The number of aromatic nitrogens is 3. The molecule has 2 heterocycles. The van der Waals surface area contributed by atoms with E-state index < -0.39 is 10.0 Å². The minimum Gasteiger partial charge on any atom is -0.316 e. The molecule has 7 nitrogen and oxygen atoms in total. The average Bonchev–Trinajstić information content (AvgIpc) is 2.81. The number of sulfonamides is 1. The van der Waals surface area contributed by atoms with Crippen molar-refractivity contribution in [3.05, 3.63) is 40.8 Å². The summed E-state index contributed by atoms with van der Waals surface area (Å²) in [5.41, 5.74) is 3.21. The Morgan fingerprint density at radius 1 is 1.29 bits per heavy atom. The molecule has 0 aliphatic rings. The third kappa shape index (κ3) is 3.46. The van der Waals surface area contributed by atoms with E-state index in [4.69, 9.17) is 0 Å². The fourth-order valence-corrected chi connectivity index (χ4v) is 3.16. The van der Waals surface area contributed by atoms with Gasteiger partial charge in [-0.2, -0.15) is 5.10 Å². The first-order chi connectivity index (χ1) is 9.95. The van der Waals surface area contributed by atoms with Gasteiger partial charge in [-0.15, -0.1) is 0 Å². The van der Waals surface area contributed by atoms with E-state index in [-0.39, 0.29) is 11.6 Å². The van der Waals surface area contributed by atoms with Crippen LogP contribution in [0.15, 0.2) is 23.5 Å². The van der Waals surface area contributed by atoms with Gasteiger partial charge in [0.15, 0.2) is 5.03 Å². The second-order valence-corrected chi connectivity index (χ2v) is 6.47. The third-order valence-corrected chi connectivity index (χ3v) is 4.62. The summed E-state index contributed by atoms with van der Waals surface area (Å²) in [5, 5.41) is 9.61. The van der Waals surface area contributed by atoms with Gasteiger partial charge >= 0.3 is 0 Å². The summed E-state index contributed by atoms with van der Waals surface area (Å²) in [5.74, 6) is 0. The summed E-state index contributed by atoms with van der Waals surface area (Å²) in [6.45, 7) is 4.33. The molecular weight excluding hydrogens is 290 g/mol. The van der Waals surface area contributed by atoms with Crippen LogP contribution in [0.25, 0.3) is 0 Å². The zero-order valence-electron chi connectivity index (χ0n) is 12.3. The Balaban J connectivity index is 2.21. The molecule has 0 amide bonds. The van der Waals surface area contributed by atoms with Crippen molar-refractivity contribution < 1.29 is 8.42 Å². The van der Waals surface area contributed by atoms with Gasteiger partial charge in [0.1, 0.15) is 0 Å². The SMILES string of the molecule is CNCc1c(S(=O)(=O)NCc2cnccc2C)n[nH]c1C. The Labute approximate surface area is 124 Å². The second kappa shape index (κ2) is 6.33. The predicted molar refractivity (Wildman–Crippen MR) is 79.1 cm³/mol. The zero-order chi connectivity index (χ0) is 15.5. The number of pyridine rings is 1. The van der Waals surface area contributed by atoms with Crippen LogP contribution in [0.1, 0.15) is 22.4 Å². The average molecular weight is 309 g/mol. The lowest BCUT2D eigenvalue weighted by atomic mass is 10.2. The Morgan fingerprint density at radius 3 is 2.71 bits per heavy atom. The van der Waals surface area contributed by atoms with Gasteiger partial charge in [0.25, 0.3) is 10.0 Å². The number of hydrogen-bond donors (Lipinski definition) is 3. The number of rotatable bonds is 6. The number of nitrogens with one attached hydrogen (secondary N) is 3. The molecule has 0 aliphatic carbocycles. The summed E-state index contributed by atoms with van der Waals surface area (Å²) < 4.78 is 27.3.